The molecule has 4 rings (SSSR count). The van der Waals surface area contributed by atoms with Gasteiger partial charge in [-0.1, -0.05) is 0 Å². The van der Waals surface area contributed by atoms with Gasteiger partial charge in [-0.3, -0.25) is 15.0 Å². The van der Waals surface area contributed by atoms with E-state index in [1.54, 1.807) is 23.7 Å². The van der Waals surface area contributed by atoms with E-state index in [1.807, 2.05) is 0 Å². The normalized spacial score (nSPS) is 15.5. The molecular weight excluding hydrogens is 502 g/mol. The molecule has 0 spiro atoms. The zero-order chi connectivity index (χ0) is 27.3. The molecule has 6 nitrogen and oxygen atoms in total. The van der Waals surface area contributed by atoms with Crippen molar-refractivity contribution in [1.82, 2.24) is 15.4 Å². The number of aryl methyl sites for hydroxylation is 2. The summed E-state index contributed by atoms with van der Waals surface area (Å²) in [7, 11) is 1.54. The Morgan fingerprint density at radius 2 is 1.84 bits per heavy atom. The van der Waals surface area contributed by atoms with Gasteiger partial charge in [0, 0.05) is 11.5 Å². The van der Waals surface area contributed by atoms with Crippen LogP contribution in [0.25, 0.3) is 10.9 Å². The molecule has 1 aliphatic rings. The zero-order valence-electron chi connectivity index (χ0n) is 21.2. The summed E-state index contributed by atoms with van der Waals surface area (Å²) in [4.78, 5) is 19.0. The number of benzene rings is 2. The number of carbonyl (C=O) groups is 1. The fourth-order valence-corrected chi connectivity index (χ4v) is 5.38. The van der Waals surface area contributed by atoms with Crippen LogP contribution >= 0.6 is 0 Å². The number of carbonyl (C=O) groups excluding carboxylic acids is 1. The number of hydrogen-bond acceptors (Lipinski definition) is 5. The summed E-state index contributed by atoms with van der Waals surface area (Å²) in [6, 6.07) is 6.82. The summed E-state index contributed by atoms with van der Waals surface area (Å²) in [5.74, 6) is -3.32. The minimum absolute atomic E-state index is 0.00185. The van der Waals surface area contributed by atoms with Gasteiger partial charge >= 0.3 is 0 Å². The number of hydroxylamine groups is 1. The number of nitrogens with one attached hydrogen (secondary N) is 1. The number of halogens is 4. The van der Waals surface area contributed by atoms with E-state index in [0.29, 0.717) is 86.4 Å². The van der Waals surface area contributed by atoms with Crippen molar-refractivity contribution in [1.29, 1.82) is 0 Å². The van der Waals surface area contributed by atoms with Crippen molar-refractivity contribution < 1.29 is 32.3 Å². The number of methoxy groups -OCH3 is 1. The first-order chi connectivity index (χ1) is 18.3. The first-order valence-corrected chi connectivity index (χ1v) is 12.7. The van der Waals surface area contributed by atoms with Crippen molar-refractivity contribution in [2.75, 3.05) is 26.7 Å². The molecule has 0 unspecified atom stereocenters. The number of piperidine rings is 1. The predicted molar refractivity (Wildman–Crippen MR) is 134 cm³/mol. The van der Waals surface area contributed by atoms with Gasteiger partial charge in [0.2, 0.25) is 5.91 Å². The average molecular weight is 534 g/mol. The van der Waals surface area contributed by atoms with E-state index < -0.39 is 34.6 Å². The molecule has 0 atom stereocenters. The van der Waals surface area contributed by atoms with Crippen molar-refractivity contribution in [3.63, 3.8) is 0 Å². The van der Waals surface area contributed by atoms with Crippen LogP contribution in [0.4, 0.5) is 17.6 Å². The van der Waals surface area contributed by atoms with Crippen molar-refractivity contribution in [2.24, 2.45) is 5.41 Å². The van der Waals surface area contributed by atoms with E-state index in [0.717, 1.165) is 6.07 Å². The molecule has 1 aliphatic heterocycles. The Morgan fingerprint density at radius 3 is 2.55 bits per heavy atom. The molecule has 2 heterocycles. The summed E-state index contributed by atoms with van der Waals surface area (Å²) < 4.78 is 60.8. The van der Waals surface area contributed by atoms with Crippen LogP contribution in [-0.4, -0.2) is 47.7 Å². The van der Waals surface area contributed by atoms with Gasteiger partial charge < -0.3 is 9.64 Å². The van der Waals surface area contributed by atoms with Crippen LogP contribution in [0.3, 0.4) is 0 Å². The van der Waals surface area contributed by atoms with Crippen molar-refractivity contribution in [2.45, 2.75) is 44.9 Å². The molecule has 0 aliphatic carbocycles. The second-order valence-corrected chi connectivity index (χ2v) is 9.85. The smallest absolute Gasteiger partial charge is 0.249 e. The van der Waals surface area contributed by atoms with Crippen molar-refractivity contribution in [3.8, 4) is 5.75 Å². The molecule has 1 amide bonds. The first kappa shape index (κ1) is 27.8. The standard InChI is InChI=1S/C28H31F4N3O3/c1-38-20-6-7-25-22(16-20)21(24(31)17-33-25)5-2-8-28(27(36)34-37)9-12-35(13-10-28)11-3-4-18-14-19(29)15-23(30)26(18)32/h6-7,14-17,37H,2-5,8-13H2,1H3,(H,34,36). The van der Waals surface area contributed by atoms with Gasteiger partial charge in [-0.05, 0) is 100.0 Å². The third-order valence-electron chi connectivity index (χ3n) is 7.60. The van der Waals surface area contributed by atoms with Gasteiger partial charge in [-0.2, -0.15) is 0 Å². The molecule has 1 aromatic heterocycles. The third kappa shape index (κ3) is 6.07. The number of amides is 1. The largest absolute Gasteiger partial charge is 0.497 e. The van der Waals surface area contributed by atoms with Crippen LogP contribution in [0.15, 0.2) is 36.5 Å². The molecule has 10 heteroatoms. The molecule has 2 N–H and O–H groups in total. The maximum absolute atomic E-state index is 14.7. The summed E-state index contributed by atoms with van der Waals surface area (Å²) in [6.07, 6.45) is 4.21. The number of pyridine rings is 1. The Kier molecular flexibility index (Phi) is 8.83. The van der Waals surface area contributed by atoms with E-state index in [2.05, 4.69) is 9.88 Å². The van der Waals surface area contributed by atoms with Crippen LogP contribution in [-0.2, 0) is 17.6 Å². The van der Waals surface area contributed by atoms with E-state index in [1.165, 1.54) is 13.3 Å². The summed E-state index contributed by atoms with van der Waals surface area (Å²) in [5.41, 5.74) is 2.16. The van der Waals surface area contributed by atoms with Crippen LogP contribution < -0.4 is 10.2 Å². The molecule has 3 aromatic rings. The van der Waals surface area contributed by atoms with Gasteiger partial charge in [0.1, 0.15) is 17.4 Å². The molecule has 0 radical (unpaired) electrons. The SMILES string of the molecule is COc1ccc2ncc(F)c(CCCC3(C(=O)NO)CCN(CCCc4cc(F)cc(F)c4F)CC3)c2c1. The van der Waals surface area contributed by atoms with Gasteiger partial charge in [-0.25, -0.2) is 23.0 Å². The van der Waals surface area contributed by atoms with E-state index in [9.17, 15) is 27.6 Å². The number of likely N-dealkylation sites (tertiary alicyclic amines) is 1. The highest BCUT2D eigenvalue weighted by atomic mass is 19.2. The highest BCUT2D eigenvalue weighted by Gasteiger charge is 2.40. The highest BCUT2D eigenvalue weighted by molar-refractivity contribution is 5.84. The van der Waals surface area contributed by atoms with Gasteiger partial charge in [0.25, 0.3) is 0 Å². The Balaban J connectivity index is 1.36. The fourth-order valence-electron chi connectivity index (χ4n) is 5.38. The number of aromatic nitrogens is 1. The van der Waals surface area contributed by atoms with Crippen LogP contribution in [0.1, 0.15) is 43.2 Å². The summed E-state index contributed by atoms with van der Waals surface area (Å²) >= 11 is 0. The Hall–Kier alpha value is -3.24. The Labute approximate surface area is 218 Å². The molecule has 38 heavy (non-hydrogen) atoms. The highest BCUT2D eigenvalue weighted by Crippen LogP contribution is 2.38. The average Bonchev–Trinajstić information content (AvgIpc) is 2.92. The molecule has 204 valence electrons. The third-order valence-corrected chi connectivity index (χ3v) is 7.60. The lowest BCUT2D eigenvalue weighted by Gasteiger charge is -2.40. The summed E-state index contributed by atoms with van der Waals surface area (Å²) in [5, 5.41) is 10.1. The number of nitrogens with zero attached hydrogens (tertiary/aromatic N) is 2. The number of ether oxygens (including phenoxy) is 1. The van der Waals surface area contributed by atoms with Crippen LogP contribution in [0, 0.1) is 28.7 Å². The first-order valence-electron chi connectivity index (χ1n) is 12.7. The lowest BCUT2D eigenvalue weighted by molar-refractivity contribution is -0.143. The van der Waals surface area contributed by atoms with E-state index in [4.69, 9.17) is 4.74 Å². The van der Waals surface area contributed by atoms with Gasteiger partial charge in [-0.15, -0.1) is 0 Å². The maximum Gasteiger partial charge on any atom is 0.249 e. The molecule has 1 fully saturated rings. The van der Waals surface area contributed by atoms with Crippen molar-refractivity contribution in [3.05, 3.63) is 70.9 Å². The lowest BCUT2D eigenvalue weighted by atomic mass is 9.73. The fraction of sp³-hybridized carbons (Fsp3) is 0.429. The molecule has 1 saturated heterocycles. The van der Waals surface area contributed by atoms with Crippen LogP contribution in [0.5, 0.6) is 5.75 Å². The molecule has 0 saturated carbocycles. The van der Waals surface area contributed by atoms with E-state index in [-0.39, 0.29) is 12.0 Å². The number of fused-ring (bicyclic) bond motifs is 1. The number of hydrogen-bond donors (Lipinski definition) is 2. The Morgan fingerprint density at radius 1 is 1.08 bits per heavy atom. The lowest BCUT2D eigenvalue weighted by Crippen LogP contribution is -2.48. The maximum atomic E-state index is 14.7. The van der Waals surface area contributed by atoms with Gasteiger partial charge in [0.05, 0.1) is 24.2 Å². The second-order valence-electron chi connectivity index (χ2n) is 9.85. The quantitative estimate of drug-likeness (QED) is 0.159. The van der Waals surface area contributed by atoms with Crippen molar-refractivity contribution >= 4 is 16.8 Å². The molecular formula is C28H31F4N3O3. The van der Waals surface area contributed by atoms with E-state index >= 15 is 0 Å². The van der Waals surface area contributed by atoms with Crippen LogP contribution in [0.2, 0.25) is 0 Å². The summed E-state index contributed by atoms with van der Waals surface area (Å²) in [6.45, 7) is 1.71. The zero-order valence-corrected chi connectivity index (χ0v) is 21.2. The predicted octanol–water partition coefficient (Wildman–Crippen LogP) is 5.34. The van der Waals surface area contributed by atoms with Gasteiger partial charge in [0.15, 0.2) is 11.6 Å². The topological polar surface area (TPSA) is 74.7 Å². The number of rotatable bonds is 10. The molecule has 2 aromatic carbocycles. The second kappa shape index (κ2) is 12.1. The minimum atomic E-state index is -1.20. The minimum Gasteiger partial charge on any atom is -0.497 e. The monoisotopic (exact) mass is 533 g/mol. The Bertz CT molecular complexity index is 1300. The molecule has 0 bridgehead atoms.